The molecule has 1 aliphatic carbocycles. The number of ketones is 3. The summed E-state index contributed by atoms with van der Waals surface area (Å²) in [5.41, 5.74) is 18.9. The molecule has 248 valence electrons. The molecule has 1 fully saturated rings. The Labute approximate surface area is 263 Å². The Kier molecular flexibility index (Phi) is 14.8. The fraction of sp³-hybridized carbons (Fsp3) is 0.735. The van der Waals surface area contributed by atoms with Crippen LogP contribution in [0.4, 0.5) is 0 Å². The maximum Gasteiger partial charge on any atom is 0.237 e. The second-order valence-corrected chi connectivity index (χ2v) is 13.6. The summed E-state index contributed by atoms with van der Waals surface area (Å²) >= 11 is 0. The number of hydrogen-bond donors (Lipinski definition) is 5. The van der Waals surface area contributed by atoms with Crippen LogP contribution in [0.1, 0.15) is 137 Å². The highest BCUT2D eigenvalue weighted by atomic mass is 16.3. The van der Waals surface area contributed by atoms with Crippen molar-refractivity contribution in [1.29, 1.82) is 0 Å². The number of aromatic nitrogens is 1. The second-order valence-electron chi connectivity index (χ2n) is 13.6. The zero-order valence-corrected chi connectivity index (χ0v) is 27.9. The molecule has 0 aromatic carbocycles. The van der Waals surface area contributed by atoms with Crippen molar-refractivity contribution in [2.75, 3.05) is 0 Å². The van der Waals surface area contributed by atoms with E-state index < -0.39 is 53.4 Å². The van der Waals surface area contributed by atoms with Gasteiger partial charge in [-0.05, 0) is 43.4 Å². The van der Waals surface area contributed by atoms with E-state index in [2.05, 4.69) is 10.3 Å². The number of nitrogens with zero attached hydrogens (tertiary/aromatic N) is 1. The minimum Gasteiger partial charge on any atom is -0.391 e. The Hall–Kier alpha value is -2.53. The fourth-order valence-electron chi connectivity index (χ4n) is 6.06. The molecule has 0 saturated heterocycles. The molecule has 1 aliphatic rings. The number of nitrogens with one attached hydrogen (secondary N) is 1. The van der Waals surface area contributed by atoms with Gasteiger partial charge in [0.05, 0.1) is 36.0 Å². The highest BCUT2D eigenvalue weighted by molar-refractivity contribution is 6.17. The molecular formula is C34H57N5O5. The van der Waals surface area contributed by atoms with Crippen molar-refractivity contribution in [3.05, 3.63) is 28.6 Å². The van der Waals surface area contributed by atoms with E-state index >= 15 is 0 Å². The molecule has 1 unspecified atom stereocenters. The molecule has 0 bridgehead atoms. The van der Waals surface area contributed by atoms with Crippen LogP contribution in [0.2, 0.25) is 0 Å². The number of carbonyl (C=O) groups excluding carboxylic acids is 4. The van der Waals surface area contributed by atoms with E-state index in [-0.39, 0.29) is 53.1 Å². The van der Waals surface area contributed by atoms with Gasteiger partial charge in [-0.2, -0.15) is 0 Å². The topological polar surface area (TPSA) is 191 Å². The first-order chi connectivity index (χ1) is 20.6. The van der Waals surface area contributed by atoms with Gasteiger partial charge >= 0.3 is 0 Å². The van der Waals surface area contributed by atoms with Gasteiger partial charge in [-0.25, -0.2) is 0 Å². The van der Waals surface area contributed by atoms with Gasteiger partial charge in [0.1, 0.15) is 0 Å². The normalized spacial score (nSPS) is 18.4. The molecule has 1 heterocycles. The maximum atomic E-state index is 14.2. The van der Waals surface area contributed by atoms with E-state index in [9.17, 15) is 24.3 Å². The van der Waals surface area contributed by atoms with Crippen molar-refractivity contribution < 1.29 is 24.3 Å². The van der Waals surface area contributed by atoms with Crippen LogP contribution in [-0.2, 0) is 11.3 Å². The van der Waals surface area contributed by atoms with Crippen molar-refractivity contribution in [2.24, 2.45) is 46.8 Å². The number of Topliss-reactive ketones (excluding diaryl/α,β-unsaturated/α-hetero) is 3. The number of carbonyl (C=O) groups is 4. The van der Waals surface area contributed by atoms with Crippen molar-refractivity contribution >= 4 is 23.3 Å². The summed E-state index contributed by atoms with van der Waals surface area (Å²) < 4.78 is 0. The van der Waals surface area contributed by atoms with Gasteiger partial charge in [0, 0.05) is 29.3 Å². The third-order valence-electron chi connectivity index (χ3n) is 9.49. The molecule has 10 nitrogen and oxygen atoms in total. The quantitative estimate of drug-likeness (QED) is 0.161. The van der Waals surface area contributed by atoms with E-state index in [0.29, 0.717) is 18.8 Å². The molecule has 0 aliphatic heterocycles. The monoisotopic (exact) mass is 615 g/mol. The van der Waals surface area contributed by atoms with Crippen molar-refractivity contribution in [3.63, 3.8) is 0 Å². The summed E-state index contributed by atoms with van der Waals surface area (Å²) in [6.07, 6.45) is 7.70. The molecule has 8 N–H and O–H groups in total. The largest absolute Gasteiger partial charge is 0.391 e. The molecule has 10 heteroatoms. The Balaban J connectivity index is 2.50. The van der Waals surface area contributed by atoms with Crippen LogP contribution >= 0.6 is 0 Å². The van der Waals surface area contributed by atoms with Crippen molar-refractivity contribution in [1.82, 2.24) is 10.3 Å². The smallest absolute Gasteiger partial charge is 0.237 e. The van der Waals surface area contributed by atoms with Crippen LogP contribution in [0, 0.1) is 29.6 Å². The van der Waals surface area contributed by atoms with Crippen LogP contribution in [-0.4, -0.2) is 57.6 Å². The molecule has 6 atom stereocenters. The number of rotatable bonds is 17. The number of pyridine rings is 1. The number of nitrogens with two attached hydrogens (primary N) is 3. The lowest BCUT2D eigenvalue weighted by molar-refractivity contribution is -0.123. The minimum absolute atomic E-state index is 0.00515. The molecule has 0 spiro atoms. The predicted octanol–water partition coefficient (Wildman–Crippen LogP) is 3.94. The van der Waals surface area contributed by atoms with Crippen LogP contribution in [0.3, 0.4) is 0 Å². The van der Waals surface area contributed by atoms with E-state index in [1.165, 1.54) is 32.4 Å². The van der Waals surface area contributed by atoms with E-state index in [1.807, 2.05) is 27.7 Å². The van der Waals surface area contributed by atoms with Crippen molar-refractivity contribution in [3.8, 4) is 0 Å². The second kappa shape index (κ2) is 17.2. The molecule has 1 amide bonds. The summed E-state index contributed by atoms with van der Waals surface area (Å²) in [5.74, 6) is -2.54. The zero-order valence-electron chi connectivity index (χ0n) is 27.9. The fourth-order valence-corrected chi connectivity index (χ4v) is 6.06. The average Bonchev–Trinajstić information content (AvgIpc) is 2.99. The average molecular weight is 616 g/mol. The highest BCUT2D eigenvalue weighted by Crippen LogP contribution is 2.31. The van der Waals surface area contributed by atoms with Crippen molar-refractivity contribution in [2.45, 2.75) is 131 Å². The van der Waals surface area contributed by atoms with Gasteiger partial charge in [0.25, 0.3) is 0 Å². The highest BCUT2D eigenvalue weighted by Gasteiger charge is 2.36. The number of aliphatic hydroxyl groups excluding tert-OH is 1. The van der Waals surface area contributed by atoms with Crippen LogP contribution in [0.15, 0.2) is 6.20 Å². The van der Waals surface area contributed by atoms with Crippen LogP contribution in [0.5, 0.6) is 0 Å². The van der Waals surface area contributed by atoms with Gasteiger partial charge in [-0.15, -0.1) is 0 Å². The molecular weight excluding hydrogens is 558 g/mol. The molecule has 1 aromatic heterocycles. The summed E-state index contributed by atoms with van der Waals surface area (Å²) in [6, 6.07) is -2.20. The summed E-state index contributed by atoms with van der Waals surface area (Å²) in [7, 11) is 0. The van der Waals surface area contributed by atoms with Gasteiger partial charge in [-0.1, -0.05) is 80.1 Å². The van der Waals surface area contributed by atoms with Gasteiger partial charge in [0.2, 0.25) is 5.91 Å². The molecule has 44 heavy (non-hydrogen) atoms. The van der Waals surface area contributed by atoms with Crippen LogP contribution in [0.25, 0.3) is 0 Å². The van der Waals surface area contributed by atoms with Gasteiger partial charge < -0.3 is 27.6 Å². The molecule has 2 rings (SSSR count). The molecule has 1 aromatic rings. The number of hydrogen-bond acceptors (Lipinski definition) is 9. The Bertz CT molecular complexity index is 1150. The predicted molar refractivity (Wildman–Crippen MR) is 173 cm³/mol. The lowest BCUT2D eigenvalue weighted by Gasteiger charge is -2.30. The lowest BCUT2D eigenvalue weighted by Crippen LogP contribution is -2.44. The van der Waals surface area contributed by atoms with E-state index in [1.54, 1.807) is 13.8 Å². The van der Waals surface area contributed by atoms with E-state index in [4.69, 9.17) is 17.2 Å². The number of aliphatic hydroxyl groups is 1. The SMILES string of the molecule is CC[C@H](C)[C@H](N)C(=O)NCc1ncc(C(=O)C(C[C@H](O)[C@@H](N)CC2CCCCC2)C(C)C)c(C(=O)[C@@H](N)C(C)C)c1C(C)=O. The van der Waals surface area contributed by atoms with Crippen LogP contribution < -0.4 is 22.5 Å². The first-order valence-electron chi connectivity index (χ1n) is 16.5. The summed E-state index contributed by atoms with van der Waals surface area (Å²) in [4.78, 5) is 58.3. The standard InChI is InChI=1S/C34H57N5O5/c1-8-20(6)31(37)34(44)39-17-26-28(21(7)40)29(33(43)30(36)19(4)5)24(16-38-26)32(42)23(18(2)3)15-27(41)25(35)14-22-12-10-9-11-13-22/h16,18-20,22-23,25,27,30-31,41H,8-15,17,35-37H2,1-7H3,(H,39,44)/t20-,23?,25-,27-,30-,31-/m0/s1. The third kappa shape index (κ3) is 9.73. The Morgan fingerprint density at radius 2 is 1.55 bits per heavy atom. The third-order valence-corrected chi connectivity index (χ3v) is 9.49. The van der Waals surface area contributed by atoms with E-state index in [0.717, 1.165) is 12.8 Å². The zero-order chi connectivity index (χ0) is 33.3. The first kappa shape index (κ1) is 37.7. The summed E-state index contributed by atoms with van der Waals surface area (Å²) in [5, 5.41) is 13.9. The summed E-state index contributed by atoms with van der Waals surface area (Å²) in [6.45, 7) is 12.3. The lowest BCUT2D eigenvalue weighted by atomic mass is 9.78. The van der Waals surface area contributed by atoms with Gasteiger partial charge in [-0.3, -0.25) is 24.2 Å². The Morgan fingerprint density at radius 3 is 2.07 bits per heavy atom. The molecule has 0 radical (unpaired) electrons. The Morgan fingerprint density at radius 1 is 0.932 bits per heavy atom. The maximum absolute atomic E-state index is 14.2. The number of amides is 1. The van der Waals surface area contributed by atoms with Gasteiger partial charge in [0.15, 0.2) is 17.3 Å². The molecule has 1 saturated carbocycles. The first-order valence-corrected chi connectivity index (χ1v) is 16.5. The minimum atomic E-state index is -0.977.